The first kappa shape index (κ1) is 27.3. The molecule has 3 rings (SSSR count). The van der Waals surface area contributed by atoms with E-state index in [2.05, 4.69) is 13.2 Å². The van der Waals surface area contributed by atoms with Gasteiger partial charge in [-0.25, -0.2) is 0 Å². The van der Waals surface area contributed by atoms with Gasteiger partial charge >= 0.3 is 0 Å². The fourth-order valence-corrected chi connectivity index (χ4v) is 3.29. The summed E-state index contributed by atoms with van der Waals surface area (Å²) in [4.78, 5) is 0. The van der Waals surface area contributed by atoms with Crippen molar-refractivity contribution in [1.29, 1.82) is 0 Å². The van der Waals surface area contributed by atoms with Gasteiger partial charge in [0, 0.05) is 17.6 Å². The quantitative estimate of drug-likeness (QED) is 0.461. The molecule has 0 aliphatic carbocycles. The lowest BCUT2D eigenvalue weighted by atomic mass is 10.1. The molecule has 0 aromatic heterocycles. The van der Waals surface area contributed by atoms with Crippen LogP contribution in [0.4, 0.5) is 0 Å². The van der Waals surface area contributed by atoms with Gasteiger partial charge in [-0.3, -0.25) is 0 Å². The molecule has 0 N–H and O–H groups in total. The zero-order chi connectivity index (χ0) is 23.2. The molecule has 31 heavy (non-hydrogen) atoms. The lowest BCUT2D eigenvalue weighted by Gasteiger charge is -2.20. The lowest BCUT2D eigenvalue weighted by molar-refractivity contribution is -0.164. The van der Waals surface area contributed by atoms with Crippen LogP contribution in [-0.4, -0.2) is 43.8 Å². The van der Waals surface area contributed by atoms with Crippen molar-refractivity contribution in [2.24, 2.45) is 0 Å². The van der Waals surface area contributed by atoms with Crippen molar-refractivity contribution in [2.45, 2.75) is 85.1 Å². The average molecular weight is 433 g/mol. The van der Waals surface area contributed by atoms with Gasteiger partial charge < -0.3 is 23.7 Å². The SMILES string of the molecule is C=C/C(=C\C=C/C)C1OCC(C2CC3OC(/C(C=C)=C/C=C\C)OC3O2)O1.CC.CC. The minimum atomic E-state index is -0.445. The molecule has 3 saturated heterocycles. The van der Waals surface area contributed by atoms with Gasteiger partial charge in [-0.15, -0.1) is 0 Å². The monoisotopic (exact) mass is 432 g/mol. The molecule has 0 saturated carbocycles. The molecule has 0 amide bonds. The predicted molar refractivity (Wildman–Crippen MR) is 127 cm³/mol. The van der Waals surface area contributed by atoms with Crippen LogP contribution < -0.4 is 0 Å². The largest absolute Gasteiger partial charge is 0.346 e. The topological polar surface area (TPSA) is 46.2 Å². The normalized spacial score (nSPS) is 33.0. The van der Waals surface area contributed by atoms with Gasteiger partial charge in [0.05, 0.1) is 12.7 Å². The maximum absolute atomic E-state index is 6.05. The van der Waals surface area contributed by atoms with E-state index in [0.29, 0.717) is 13.0 Å². The molecule has 0 aromatic rings. The zero-order valence-corrected chi connectivity index (χ0v) is 20.0. The third kappa shape index (κ3) is 7.41. The van der Waals surface area contributed by atoms with Crippen molar-refractivity contribution in [3.63, 3.8) is 0 Å². The highest BCUT2D eigenvalue weighted by Gasteiger charge is 2.49. The van der Waals surface area contributed by atoms with E-state index in [-0.39, 0.29) is 18.3 Å². The van der Waals surface area contributed by atoms with Crippen LogP contribution in [0.5, 0.6) is 0 Å². The van der Waals surface area contributed by atoms with Gasteiger partial charge in [0.2, 0.25) is 0 Å². The Labute approximate surface area is 188 Å². The molecular formula is C26H40O5. The van der Waals surface area contributed by atoms with Gasteiger partial charge in [0.15, 0.2) is 18.9 Å². The molecular weight excluding hydrogens is 392 g/mol. The first-order valence-corrected chi connectivity index (χ1v) is 11.3. The number of fused-ring (bicyclic) bond motifs is 1. The van der Waals surface area contributed by atoms with Gasteiger partial charge in [-0.2, -0.15) is 0 Å². The molecule has 5 heteroatoms. The Morgan fingerprint density at radius 1 is 0.710 bits per heavy atom. The Bertz CT molecular complexity index is 647. The Balaban J connectivity index is 0.00000113. The van der Waals surface area contributed by atoms with Crippen LogP contribution in [0.15, 0.2) is 72.9 Å². The van der Waals surface area contributed by atoms with Crippen molar-refractivity contribution in [2.75, 3.05) is 6.61 Å². The number of ether oxygens (including phenoxy) is 5. The van der Waals surface area contributed by atoms with E-state index in [1.807, 2.05) is 78.0 Å². The highest BCUT2D eigenvalue weighted by Crippen LogP contribution is 2.38. The van der Waals surface area contributed by atoms with E-state index in [0.717, 1.165) is 11.1 Å². The molecule has 0 spiro atoms. The summed E-state index contributed by atoms with van der Waals surface area (Å²) in [5, 5.41) is 0. The molecule has 174 valence electrons. The number of hydrogen-bond acceptors (Lipinski definition) is 5. The summed E-state index contributed by atoms with van der Waals surface area (Å²) in [6.45, 7) is 20.0. The summed E-state index contributed by atoms with van der Waals surface area (Å²) in [6.07, 6.45) is 14.2. The summed E-state index contributed by atoms with van der Waals surface area (Å²) in [5.74, 6) is 0. The second-order valence-corrected chi connectivity index (χ2v) is 6.55. The number of hydrogen-bond donors (Lipinski definition) is 0. The molecule has 3 aliphatic rings. The maximum atomic E-state index is 6.05. The van der Waals surface area contributed by atoms with Crippen molar-refractivity contribution in [3.05, 3.63) is 72.9 Å². The molecule has 3 aliphatic heterocycles. The van der Waals surface area contributed by atoms with Gasteiger partial charge in [-0.05, 0) is 13.8 Å². The van der Waals surface area contributed by atoms with Gasteiger partial charge in [-0.1, -0.05) is 89.5 Å². The molecule has 0 bridgehead atoms. The summed E-state index contributed by atoms with van der Waals surface area (Å²) in [7, 11) is 0. The minimum absolute atomic E-state index is 0.117. The fourth-order valence-electron chi connectivity index (χ4n) is 3.29. The zero-order valence-electron chi connectivity index (χ0n) is 20.0. The van der Waals surface area contributed by atoms with Crippen LogP contribution in [0, 0.1) is 0 Å². The van der Waals surface area contributed by atoms with E-state index in [1.165, 1.54) is 0 Å². The Morgan fingerprint density at radius 2 is 1.26 bits per heavy atom. The number of allylic oxidation sites excluding steroid dienone is 6. The van der Waals surface area contributed by atoms with Crippen molar-refractivity contribution in [1.82, 2.24) is 0 Å². The molecule has 6 atom stereocenters. The van der Waals surface area contributed by atoms with E-state index < -0.39 is 18.9 Å². The van der Waals surface area contributed by atoms with Crippen LogP contribution in [0.25, 0.3) is 0 Å². The van der Waals surface area contributed by atoms with Crippen LogP contribution in [0.1, 0.15) is 48.0 Å². The Hall–Kier alpha value is -1.76. The Morgan fingerprint density at radius 3 is 1.77 bits per heavy atom. The summed E-state index contributed by atoms with van der Waals surface area (Å²) >= 11 is 0. The first-order valence-electron chi connectivity index (χ1n) is 11.3. The highest BCUT2D eigenvalue weighted by molar-refractivity contribution is 5.26. The summed E-state index contributed by atoms with van der Waals surface area (Å²) in [5.41, 5.74) is 1.78. The first-order chi connectivity index (χ1) is 15.2. The molecule has 3 heterocycles. The van der Waals surface area contributed by atoms with Crippen molar-refractivity contribution < 1.29 is 23.7 Å². The molecule has 5 nitrogen and oxygen atoms in total. The van der Waals surface area contributed by atoms with E-state index in [4.69, 9.17) is 23.7 Å². The standard InChI is InChI=1S/C22H28O5.2C2H6/c1-5-9-11-15(7-3)20-23-14-19(26-20)17-13-18-22(24-17)27-21(25-18)16(8-4)12-10-6-2;2*1-2/h5-12,17-22H,3-4,13-14H2,1-2H3;2*1-2H3/b9-5-,10-6-,15-11+,16-12+;;. The third-order valence-corrected chi connectivity index (χ3v) is 4.74. The third-order valence-electron chi connectivity index (χ3n) is 4.74. The van der Waals surface area contributed by atoms with Crippen LogP contribution in [0.3, 0.4) is 0 Å². The molecule has 0 aromatic carbocycles. The second-order valence-electron chi connectivity index (χ2n) is 6.55. The maximum Gasteiger partial charge on any atom is 0.187 e. The predicted octanol–water partition coefficient (Wildman–Crippen LogP) is 6.01. The van der Waals surface area contributed by atoms with Crippen LogP contribution in [0.2, 0.25) is 0 Å². The van der Waals surface area contributed by atoms with Crippen LogP contribution in [-0.2, 0) is 23.7 Å². The molecule has 0 radical (unpaired) electrons. The summed E-state index contributed by atoms with van der Waals surface area (Å²) < 4.78 is 29.8. The van der Waals surface area contributed by atoms with Crippen molar-refractivity contribution >= 4 is 0 Å². The van der Waals surface area contributed by atoms with Gasteiger partial charge in [0.1, 0.15) is 12.2 Å². The molecule has 3 fully saturated rings. The van der Waals surface area contributed by atoms with E-state index in [1.54, 1.807) is 12.2 Å². The second kappa shape index (κ2) is 15.1. The fraction of sp³-hybridized carbons (Fsp3) is 0.538. The Kier molecular flexibility index (Phi) is 13.3. The highest BCUT2D eigenvalue weighted by atomic mass is 16.8. The summed E-state index contributed by atoms with van der Waals surface area (Å²) in [6, 6.07) is 0. The smallest absolute Gasteiger partial charge is 0.187 e. The van der Waals surface area contributed by atoms with Gasteiger partial charge in [0.25, 0.3) is 0 Å². The number of rotatable bonds is 7. The van der Waals surface area contributed by atoms with E-state index >= 15 is 0 Å². The van der Waals surface area contributed by atoms with Crippen LogP contribution >= 0.6 is 0 Å². The average Bonchev–Trinajstić information content (AvgIpc) is 3.53. The lowest BCUT2D eigenvalue weighted by Crippen LogP contribution is -2.30. The van der Waals surface area contributed by atoms with Crippen molar-refractivity contribution in [3.8, 4) is 0 Å². The minimum Gasteiger partial charge on any atom is -0.346 e. The molecule has 6 unspecified atom stereocenters. The van der Waals surface area contributed by atoms with E-state index in [9.17, 15) is 0 Å².